The SMILES string of the molecule is CC(Nc1ccccc1-n1ccnc1)c1cc(Cl)sc1Cl. The molecule has 0 aliphatic carbocycles. The highest BCUT2D eigenvalue weighted by Gasteiger charge is 2.14. The largest absolute Gasteiger partial charge is 0.377 e. The summed E-state index contributed by atoms with van der Waals surface area (Å²) in [6, 6.07) is 10.0. The van der Waals surface area contributed by atoms with Crippen molar-refractivity contribution in [3.05, 3.63) is 63.3 Å². The number of thiophene rings is 1. The van der Waals surface area contributed by atoms with E-state index in [1.54, 1.807) is 12.5 Å². The second-order valence-corrected chi connectivity index (χ2v) is 6.92. The average Bonchev–Trinajstić information content (AvgIpc) is 3.09. The zero-order valence-corrected chi connectivity index (χ0v) is 13.6. The summed E-state index contributed by atoms with van der Waals surface area (Å²) >= 11 is 13.6. The first kappa shape index (κ1) is 14.4. The fraction of sp³-hybridized carbons (Fsp3) is 0.133. The zero-order chi connectivity index (χ0) is 14.8. The molecule has 1 unspecified atom stereocenters. The Kier molecular flexibility index (Phi) is 4.19. The molecule has 1 N–H and O–H groups in total. The van der Waals surface area contributed by atoms with Gasteiger partial charge in [-0.2, -0.15) is 0 Å². The van der Waals surface area contributed by atoms with Gasteiger partial charge < -0.3 is 9.88 Å². The molecule has 3 rings (SSSR count). The number of rotatable bonds is 4. The van der Waals surface area contributed by atoms with Crippen LogP contribution in [-0.4, -0.2) is 9.55 Å². The number of aromatic nitrogens is 2. The van der Waals surface area contributed by atoms with Crippen molar-refractivity contribution in [2.24, 2.45) is 0 Å². The van der Waals surface area contributed by atoms with Gasteiger partial charge >= 0.3 is 0 Å². The Morgan fingerprint density at radius 3 is 2.76 bits per heavy atom. The Morgan fingerprint density at radius 1 is 1.29 bits per heavy atom. The molecule has 0 fully saturated rings. The molecule has 0 amide bonds. The van der Waals surface area contributed by atoms with Crippen molar-refractivity contribution in [3.63, 3.8) is 0 Å². The zero-order valence-electron chi connectivity index (χ0n) is 11.3. The third-order valence-corrected chi connectivity index (χ3v) is 4.73. The maximum Gasteiger partial charge on any atom is 0.0996 e. The number of benzene rings is 1. The van der Waals surface area contributed by atoms with Crippen LogP contribution in [0.25, 0.3) is 5.69 Å². The Bertz CT molecular complexity index is 737. The Hall–Kier alpha value is -1.49. The molecule has 108 valence electrons. The van der Waals surface area contributed by atoms with Crippen LogP contribution in [0.4, 0.5) is 5.69 Å². The number of hydrogen-bond donors (Lipinski definition) is 1. The third-order valence-electron chi connectivity index (χ3n) is 3.21. The number of hydrogen-bond acceptors (Lipinski definition) is 3. The minimum absolute atomic E-state index is 0.0610. The van der Waals surface area contributed by atoms with Gasteiger partial charge in [-0.15, -0.1) is 11.3 Å². The van der Waals surface area contributed by atoms with Crippen molar-refractivity contribution in [2.45, 2.75) is 13.0 Å². The van der Waals surface area contributed by atoms with E-state index in [-0.39, 0.29) is 6.04 Å². The number of para-hydroxylation sites is 2. The number of halogens is 2. The maximum atomic E-state index is 6.22. The fourth-order valence-corrected chi connectivity index (χ4v) is 3.83. The smallest absolute Gasteiger partial charge is 0.0996 e. The molecule has 2 aromatic heterocycles. The van der Waals surface area contributed by atoms with Gasteiger partial charge in [0.2, 0.25) is 0 Å². The molecule has 21 heavy (non-hydrogen) atoms. The van der Waals surface area contributed by atoms with Crippen molar-refractivity contribution in [1.82, 2.24) is 9.55 Å². The topological polar surface area (TPSA) is 29.9 Å². The number of imidazole rings is 1. The van der Waals surface area contributed by atoms with E-state index in [1.807, 2.05) is 41.1 Å². The quantitative estimate of drug-likeness (QED) is 0.689. The first-order chi connectivity index (χ1) is 10.1. The number of nitrogens with zero attached hydrogens (tertiary/aromatic N) is 2. The first-order valence-corrected chi connectivity index (χ1v) is 8.01. The lowest BCUT2D eigenvalue weighted by Crippen LogP contribution is -2.08. The molecular formula is C15H13Cl2N3S. The molecule has 2 heterocycles. The Labute approximate surface area is 137 Å². The van der Waals surface area contributed by atoms with Gasteiger partial charge in [-0.1, -0.05) is 35.3 Å². The third kappa shape index (κ3) is 3.07. The van der Waals surface area contributed by atoms with Crippen molar-refractivity contribution in [1.29, 1.82) is 0 Å². The first-order valence-electron chi connectivity index (χ1n) is 6.44. The summed E-state index contributed by atoms with van der Waals surface area (Å²) in [5.74, 6) is 0. The molecule has 0 aliphatic heterocycles. The predicted molar refractivity (Wildman–Crippen MR) is 89.9 cm³/mol. The van der Waals surface area contributed by atoms with Crippen molar-refractivity contribution < 1.29 is 0 Å². The van der Waals surface area contributed by atoms with Crippen LogP contribution < -0.4 is 5.32 Å². The molecule has 3 nitrogen and oxygen atoms in total. The average molecular weight is 338 g/mol. The van der Waals surface area contributed by atoms with Gasteiger partial charge in [-0.3, -0.25) is 0 Å². The summed E-state index contributed by atoms with van der Waals surface area (Å²) in [4.78, 5) is 4.09. The predicted octanol–water partition coefficient (Wildman–Crippen LogP) is 5.41. The van der Waals surface area contributed by atoms with E-state index in [1.165, 1.54) is 11.3 Å². The minimum Gasteiger partial charge on any atom is -0.377 e. The van der Waals surface area contributed by atoms with Gasteiger partial charge in [0.25, 0.3) is 0 Å². The lowest BCUT2D eigenvalue weighted by atomic mass is 10.1. The lowest BCUT2D eigenvalue weighted by Gasteiger charge is -2.18. The van der Waals surface area contributed by atoms with E-state index >= 15 is 0 Å². The van der Waals surface area contributed by atoms with E-state index in [2.05, 4.69) is 17.2 Å². The maximum absolute atomic E-state index is 6.22. The van der Waals surface area contributed by atoms with E-state index in [0.29, 0.717) is 4.34 Å². The van der Waals surface area contributed by atoms with Crippen molar-refractivity contribution >= 4 is 40.2 Å². The lowest BCUT2D eigenvalue weighted by molar-refractivity contribution is 0.885. The van der Waals surface area contributed by atoms with Crippen LogP contribution in [0.15, 0.2) is 49.1 Å². The van der Waals surface area contributed by atoms with Crippen molar-refractivity contribution in [2.75, 3.05) is 5.32 Å². The highest BCUT2D eigenvalue weighted by Crippen LogP contribution is 2.36. The Morgan fingerprint density at radius 2 is 2.10 bits per heavy atom. The minimum atomic E-state index is 0.0610. The molecule has 6 heteroatoms. The van der Waals surface area contributed by atoms with Crippen LogP contribution in [0.1, 0.15) is 18.5 Å². The summed E-state index contributed by atoms with van der Waals surface area (Å²) in [5.41, 5.74) is 3.06. The summed E-state index contributed by atoms with van der Waals surface area (Å²) in [7, 11) is 0. The van der Waals surface area contributed by atoms with Gasteiger partial charge in [0.1, 0.15) is 0 Å². The van der Waals surface area contributed by atoms with E-state index in [0.717, 1.165) is 21.3 Å². The van der Waals surface area contributed by atoms with Gasteiger partial charge in [-0.05, 0) is 25.1 Å². The number of anilines is 1. The van der Waals surface area contributed by atoms with Crippen LogP contribution in [0.5, 0.6) is 0 Å². The van der Waals surface area contributed by atoms with Crippen LogP contribution in [0.3, 0.4) is 0 Å². The monoisotopic (exact) mass is 337 g/mol. The van der Waals surface area contributed by atoms with Gasteiger partial charge in [0.05, 0.1) is 32.4 Å². The van der Waals surface area contributed by atoms with Crippen LogP contribution in [0, 0.1) is 0 Å². The van der Waals surface area contributed by atoms with Crippen LogP contribution in [-0.2, 0) is 0 Å². The molecule has 0 spiro atoms. The molecule has 1 aromatic carbocycles. The molecule has 3 aromatic rings. The van der Waals surface area contributed by atoms with Gasteiger partial charge in [0.15, 0.2) is 0 Å². The molecule has 0 radical (unpaired) electrons. The highest BCUT2D eigenvalue weighted by molar-refractivity contribution is 7.20. The molecule has 1 atom stereocenters. The van der Waals surface area contributed by atoms with Crippen LogP contribution in [0.2, 0.25) is 8.67 Å². The molecular weight excluding hydrogens is 325 g/mol. The number of nitrogens with one attached hydrogen (secondary N) is 1. The highest BCUT2D eigenvalue weighted by atomic mass is 35.5. The Balaban J connectivity index is 1.90. The summed E-state index contributed by atoms with van der Waals surface area (Å²) in [6.45, 7) is 2.06. The fourth-order valence-electron chi connectivity index (χ4n) is 2.18. The van der Waals surface area contributed by atoms with Crippen molar-refractivity contribution in [3.8, 4) is 5.69 Å². The van der Waals surface area contributed by atoms with E-state index in [9.17, 15) is 0 Å². The summed E-state index contributed by atoms with van der Waals surface area (Å²) in [6.07, 6.45) is 5.45. The van der Waals surface area contributed by atoms with E-state index < -0.39 is 0 Å². The molecule has 0 saturated heterocycles. The summed E-state index contributed by atoms with van der Waals surface area (Å²) < 4.78 is 3.39. The second-order valence-electron chi connectivity index (χ2n) is 4.63. The molecule has 0 bridgehead atoms. The molecule has 0 aliphatic rings. The van der Waals surface area contributed by atoms with Gasteiger partial charge in [-0.25, -0.2) is 4.98 Å². The second kappa shape index (κ2) is 6.10. The molecule has 0 saturated carbocycles. The van der Waals surface area contributed by atoms with Gasteiger partial charge in [0, 0.05) is 18.0 Å². The van der Waals surface area contributed by atoms with Crippen LogP contribution >= 0.6 is 34.5 Å². The standard InChI is InChI=1S/C15H13Cl2N3S/c1-10(11-8-14(16)21-15(11)17)19-12-4-2-3-5-13(12)20-7-6-18-9-20/h2-10,19H,1H3. The summed E-state index contributed by atoms with van der Waals surface area (Å²) in [5, 5.41) is 3.48. The normalized spacial score (nSPS) is 12.3. The van der Waals surface area contributed by atoms with E-state index in [4.69, 9.17) is 23.2 Å².